The molecule has 11 rings (SSSR count). The molecule has 0 saturated heterocycles. The number of alkyl halides is 8. The van der Waals surface area contributed by atoms with Gasteiger partial charge in [0.1, 0.15) is 0 Å². The predicted molar refractivity (Wildman–Crippen MR) is 255 cm³/mol. The lowest BCUT2D eigenvalue weighted by atomic mass is 9.84. The third-order valence-corrected chi connectivity index (χ3v) is 19.2. The van der Waals surface area contributed by atoms with Gasteiger partial charge in [-0.3, -0.25) is 9.59 Å². The van der Waals surface area contributed by atoms with Crippen LogP contribution in [-0.2, 0) is 0 Å². The second-order valence-electron chi connectivity index (χ2n) is 14.7. The molecule has 1 aliphatic carbocycles. The summed E-state index contributed by atoms with van der Waals surface area (Å²) in [7, 11) is 0. The fourth-order valence-electron chi connectivity index (χ4n) is 7.41. The maximum absolute atomic E-state index is 15.6. The minimum Gasteiger partial charge on any atom is -0.288 e. The Kier molecular flexibility index (Phi) is 12.1. The van der Waals surface area contributed by atoms with Crippen molar-refractivity contribution in [3.63, 3.8) is 0 Å². The molecule has 340 valence electrons. The van der Waals surface area contributed by atoms with E-state index in [1.807, 2.05) is 0 Å². The second-order valence-corrected chi connectivity index (χ2v) is 24.0. The molecule has 0 atom stereocenters. The Bertz CT molecular complexity index is 3230. The van der Waals surface area contributed by atoms with Crippen molar-refractivity contribution in [1.29, 1.82) is 0 Å². The molecule has 6 aromatic carbocycles. The van der Waals surface area contributed by atoms with E-state index in [4.69, 9.17) is 0 Å². The van der Waals surface area contributed by atoms with Gasteiger partial charge in [0.05, 0.1) is 40.9 Å². The molecule has 0 unspecified atom stereocenters. The fourth-order valence-corrected chi connectivity index (χ4v) is 16.0. The van der Waals surface area contributed by atoms with Gasteiger partial charge in [0.15, 0.2) is 28.9 Å². The summed E-state index contributed by atoms with van der Waals surface area (Å²) in [5.74, 6) is -1.10. The molecule has 4 heterocycles. The lowest BCUT2D eigenvalue weighted by molar-refractivity contribution is 0.0970. The number of ketones is 2. The normalized spacial score (nSPS) is 12.9. The number of nitrogens with zero attached hydrogens (tertiary/aromatic N) is 4. The molecule has 0 radical (unpaired) electrons. The van der Waals surface area contributed by atoms with E-state index in [2.05, 4.69) is 19.9 Å². The molecule has 0 spiro atoms. The van der Waals surface area contributed by atoms with Gasteiger partial charge >= 0.3 is 0 Å². The zero-order valence-electron chi connectivity index (χ0n) is 33.4. The van der Waals surface area contributed by atoms with Crippen LogP contribution in [0.1, 0.15) is 79.8 Å². The van der Waals surface area contributed by atoms with Crippen LogP contribution in [-0.4, -0.2) is 31.5 Å². The number of benzene rings is 6. The predicted octanol–water partition coefficient (Wildman–Crippen LogP) is 17.3. The first-order chi connectivity index (χ1) is 32.7. The van der Waals surface area contributed by atoms with Gasteiger partial charge in [-0.15, -0.1) is 45.3 Å². The highest BCUT2D eigenvalue weighted by Gasteiger charge is 2.39. The Morgan fingerprint density at radius 1 is 0.338 bits per heavy atom. The molecule has 10 aromatic rings. The largest absolute Gasteiger partial charge is 0.288 e. The van der Waals surface area contributed by atoms with Crippen LogP contribution in [0.25, 0.3) is 40.9 Å². The highest BCUT2D eigenvalue weighted by Crippen LogP contribution is 2.50. The standard InChI is InChI=1S/C46H20F8N4O2S8/c47-39(48)17-1-5-25-21(13-17)55-43(61-25)65-29-9-10-30(66-44-56-22-14-18(40(49)50)2-6-26(22)62-44)34-33(29)37(59)35-31(67-45-57-23-15-19(41(51)52)3-7-27(23)63-45)11-12-32(36(35)38(34)60)68-46-58-24-16-20(42(53)54)4-8-28(24)64-46/h1-16,39-42H. The summed E-state index contributed by atoms with van der Waals surface area (Å²) < 4.78 is 113. The maximum atomic E-state index is 15.6. The molecule has 0 saturated carbocycles. The van der Waals surface area contributed by atoms with Gasteiger partial charge in [-0.05, 0) is 72.8 Å². The molecule has 6 nitrogen and oxygen atoms in total. The Labute approximate surface area is 410 Å². The van der Waals surface area contributed by atoms with Gasteiger partial charge in [-0.2, -0.15) is 0 Å². The number of aromatic nitrogens is 4. The van der Waals surface area contributed by atoms with E-state index < -0.39 is 37.3 Å². The molecule has 22 heteroatoms. The number of halogens is 8. The lowest BCUT2D eigenvalue weighted by Crippen LogP contribution is -2.24. The third-order valence-electron chi connectivity index (χ3n) is 10.5. The molecule has 4 aromatic heterocycles. The monoisotopic (exact) mass is 1070 g/mol. The van der Waals surface area contributed by atoms with E-state index >= 15 is 9.59 Å². The van der Waals surface area contributed by atoms with Crippen LogP contribution in [0.2, 0.25) is 0 Å². The smallest absolute Gasteiger partial charge is 0.263 e. The second kappa shape index (κ2) is 18.1. The summed E-state index contributed by atoms with van der Waals surface area (Å²) in [5, 5.41) is 0. The van der Waals surface area contributed by atoms with Gasteiger partial charge in [-0.25, -0.2) is 55.1 Å². The highest BCUT2D eigenvalue weighted by molar-refractivity contribution is 8.02. The van der Waals surface area contributed by atoms with Crippen LogP contribution in [0.4, 0.5) is 35.1 Å². The van der Waals surface area contributed by atoms with Crippen LogP contribution in [0, 0.1) is 0 Å². The molecule has 68 heavy (non-hydrogen) atoms. The minimum absolute atomic E-state index is 0.0283. The lowest BCUT2D eigenvalue weighted by Gasteiger charge is -2.25. The SMILES string of the molecule is O=C1c2c(Sc3nc4cc(C(F)F)ccc4s3)ccc(Sc3nc4cc(C(F)F)ccc4s3)c2C(=O)c2c(Sc3nc4cc(C(F)F)ccc4s3)ccc(Sc3nc4cc(C(F)F)ccc4s3)c21. The van der Waals surface area contributed by atoms with Crippen molar-refractivity contribution in [1.82, 2.24) is 19.9 Å². The average molecular weight is 1070 g/mol. The van der Waals surface area contributed by atoms with Crippen molar-refractivity contribution >= 4 is 145 Å². The number of carbonyl (C=O) groups is 2. The van der Waals surface area contributed by atoms with Crippen molar-refractivity contribution < 1.29 is 44.7 Å². The van der Waals surface area contributed by atoms with E-state index in [1.54, 1.807) is 48.5 Å². The van der Waals surface area contributed by atoms with Gasteiger partial charge < -0.3 is 0 Å². The number of hydrogen-bond acceptors (Lipinski definition) is 14. The van der Waals surface area contributed by atoms with Crippen LogP contribution in [0.15, 0.2) is 134 Å². The molecular formula is C46H20F8N4O2S8. The van der Waals surface area contributed by atoms with Gasteiger partial charge in [0.25, 0.3) is 25.7 Å². The van der Waals surface area contributed by atoms with Crippen LogP contribution >= 0.6 is 92.4 Å². The first kappa shape index (κ1) is 45.5. The zero-order valence-corrected chi connectivity index (χ0v) is 40.0. The third kappa shape index (κ3) is 8.49. The van der Waals surface area contributed by atoms with Crippen LogP contribution in [0.5, 0.6) is 0 Å². The summed E-state index contributed by atoms with van der Waals surface area (Å²) >= 11 is 9.19. The molecule has 1 aliphatic rings. The van der Waals surface area contributed by atoms with Crippen molar-refractivity contribution in [2.75, 3.05) is 0 Å². The van der Waals surface area contributed by atoms with Crippen LogP contribution in [0.3, 0.4) is 0 Å². The summed E-state index contributed by atoms with van der Waals surface area (Å²) in [4.78, 5) is 50.9. The van der Waals surface area contributed by atoms with E-state index in [9.17, 15) is 35.1 Å². The van der Waals surface area contributed by atoms with Crippen molar-refractivity contribution in [3.05, 3.63) is 142 Å². The zero-order chi connectivity index (χ0) is 47.1. The number of thiazole rings is 4. The number of hydrogen-bond donors (Lipinski definition) is 0. The van der Waals surface area contributed by atoms with Gasteiger partial charge in [0.2, 0.25) is 0 Å². The molecular weight excluding hydrogens is 1050 g/mol. The Morgan fingerprint density at radius 3 is 0.765 bits per heavy atom. The number of carbonyl (C=O) groups excluding carboxylic acids is 2. The quantitative estimate of drug-likeness (QED) is 0.110. The minimum atomic E-state index is -2.72. The van der Waals surface area contributed by atoms with Gasteiger partial charge in [0, 0.05) is 64.1 Å². The fraction of sp³-hybridized carbons (Fsp3) is 0.0870. The summed E-state index contributed by atoms with van der Waals surface area (Å²) in [6, 6.07) is 23.3. The Morgan fingerprint density at radius 2 is 0.559 bits per heavy atom. The van der Waals surface area contributed by atoms with E-state index in [-0.39, 0.29) is 44.5 Å². The van der Waals surface area contributed by atoms with E-state index in [0.717, 1.165) is 47.0 Å². The Balaban J connectivity index is 1.07. The summed E-state index contributed by atoms with van der Waals surface area (Å²) in [5.41, 5.74) is 0.587. The average Bonchev–Trinajstić information content (AvgIpc) is 4.11. The van der Waals surface area contributed by atoms with E-state index in [1.165, 1.54) is 93.9 Å². The highest BCUT2D eigenvalue weighted by atomic mass is 32.2. The molecule has 0 amide bonds. The molecule has 0 aliphatic heterocycles. The molecule has 0 N–H and O–H groups in total. The van der Waals surface area contributed by atoms with Gasteiger partial charge in [-0.1, -0.05) is 71.3 Å². The Hall–Kier alpha value is -4.94. The van der Waals surface area contributed by atoms with Crippen molar-refractivity contribution in [2.45, 2.75) is 62.6 Å². The molecule has 0 bridgehead atoms. The van der Waals surface area contributed by atoms with Crippen molar-refractivity contribution in [2.24, 2.45) is 0 Å². The summed E-state index contributed by atoms with van der Waals surface area (Å²) in [6.07, 6.45) is -10.9. The topological polar surface area (TPSA) is 85.7 Å². The first-order valence-corrected chi connectivity index (χ1v) is 26.2. The number of rotatable bonds is 12. The number of fused-ring (bicyclic) bond motifs is 6. The van der Waals surface area contributed by atoms with Crippen molar-refractivity contribution in [3.8, 4) is 0 Å². The summed E-state index contributed by atoms with van der Waals surface area (Å²) in [6.45, 7) is 0. The first-order valence-electron chi connectivity index (χ1n) is 19.6. The molecule has 0 fully saturated rings. The maximum Gasteiger partial charge on any atom is 0.263 e. The van der Waals surface area contributed by atoms with E-state index in [0.29, 0.717) is 77.8 Å². The van der Waals surface area contributed by atoms with Crippen LogP contribution < -0.4 is 0 Å².